The fourth-order valence-electron chi connectivity index (χ4n) is 5.58. The topological polar surface area (TPSA) is 74.8 Å². The van der Waals surface area contributed by atoms with Gasteiger partial charge in [-0.05, 0) is 75.2 Å². The normalized spacial score (nSPS) is 15.0. The summed E-state index contributed by atoms with van der Waals surface area (Å²) < 4.78 is 15.5. The van der Waals surface area contributed by atoms with E-state index in [0.717, 1.165) is 27.6 Å². The quantitative estimate of drug-likeness (QED) is 0.170. The van der Waals surface area contributed by atoms with E-state index >= 15 is 0 Å². The summed E-state index contributed by atoms with van der Waals surface area (Å²) in [5.74, 6) is 0.209. The number of hydrogen-bond acceptors (Lipinski definition) is 6. The van der Waals surface area contributed by atoms with Gasteiger partial charge in [0, 0.05) is 39.3 Å². The molecule has 0 N–H and O–H groups in total. The number of benzene rings is 3. The molecule has 5 aromatic rings. The molecule has 0 fully saturated rings. The third-order valence-electron chi connectivity index (χ3n) is 7.55. The number of ether oxygens (including phenoxy) is 2. The Morgan fingerprint density at radius 2 is 1.84 bits per heavy atom. The van der Waals surface area contributed by atoms with Crippen molar-refractivity contribution in [3.8, 4) is 5.75 Å². The van der Waals surface area contributed by atoms with E-state index in [4.69, 9.17) is 37.7 Å². The fraction of sp³-hybridized carbons (Fsp3) is 0.229. The second kappa shape index (κ2) is 12.7. The van der Waals surface area contributed by atoms with E-state index in [1.165, 1.54) is 11.3 Å². The summed E-state index contributed by atoms with van der Waals surface area (Å²) in [6.07, 6.45) is 3.59. The van der Waals surface area contributed by atoms with Gasteiger partial charge in [0.2, 0.25) is 0 Å². The van der Waals surface area contributed by atoms with Crippen molar-refractivity contribution >= 4 is 57.5 Å². The molecule has 0 unspecified atom stereocenters. The summed E-state index contributed by atoms with van der Waals surface area (Å²) in [7, 11) is 0. The van der Waals surface area contributed by atoms with Crippen LogP contribution >= 0.6 is 34.5 Å². The van der Waals surface area contributed by atoms with Gasteiger partial charge in [-0.25, -0.2) is 9.79 Å². The molecule has 1 aliphatic rings. The highest BCUT2D eigenvalue weighted by molar-refractivity contribution is 7.07. The number of allylic oxidation sites excluding steroid dienone is 1. The standard InChI is InChI=1S/C35H31Cl2N3O4S/c1-5-43-26-14-11-22(12-15-26)32-31(34(42)44-20(2)3)21(4)38-35-40(32)33(41)30(45-35)16-24-19-39(29-9-7-6-8-27(24)29)18-23-10-13-25(36)17-28(23)37/h6-17,19-20,32H,5,18H2,1-4H3/b30-16+/t32-/m1/s1. The number of esters is 1. The number of carbonyl (C=O) groups excluding carboxylic acids is 1. The lowest BCUT2D eigenvalue weighted by Gasteiger charge is -2.25. The Morgan fingerprint density at radius 1 is 1.09 bits per heavy atom. The van der Waals surface area contributed by atoms with Gasteiger partial charge in [-0.15, -0.1) is 0 Å². The van der Waals surface area contributed by atoms with Crippen LogP contribution in [0.2, 0.25) is 10.0 Å². The summed E-state index contributed by atoms with van der Waals surface area (Å²) in [6, 6.07) is 20.2. The minimum atomic E-state index is -0.710. The van der Waals surface area contributed by atoms with Gasteiger partial charge in [-0.1, -0.05) is 70.9 Å². The number of carbonyl (C=O) groups is 1. The number of thiazole rings is 1. The molecule has 2 aromatic heterocycles. The molecule has 3 heterocycles. The molecular weight excluding hydrogens is 629 g/mol. The first-order valence-electron chi connectivity index (χ1n) is 14.6. The van der Waals surface area contributed by atoms with Crippen LogP contribution in [0.3, 0.4) is 0 Å². The first-order chi connectivity index (χ1) is 21.6. The van der Waals surface area contributed by atoms with Gasteiger partial charge in [0.25, 0.3) is 5.56 Å². The Bertz CT molecular complexity index is 2140. The molecule has 7 nitrogen and oxygen atoms in total. The smallest absolute Gasteiger partial charge is 0.338 e. The van der Waals surface area contributed by atoms with Crippen molar-refractivity contribution in [1.29, 1.82) is 0 Å². The molecule has 0 spiro atoms. The Labute approximate surface area is 274 Å². The van der Waals surface area contributed by atoms with Crippen molar-refractivity contribution in [2.75, 3.05) is 6.61 Å². The van der Waals surface area contributed by atoms with Gasteiger partial charge >= 0.3 is 5.97 Å². The minimum absolute atomic E-state index is 0.238. The highest BCUT2D eigenvalue weighted by atomic mass is 35.5. The Balaban J connectivity index is 1.49. The molecule has 1 atom stereocenters. The molecule has 0 aliphatic carbocycles. The van der Waals surface area contributed by atoms with Crippen molar-refractivity contribution in [3.05, 3.63) is 131 Å². The van der Waals surface area contributed by atoms with E-state index in [1.807, 2.05) is 79.9 Å². The van der Waals surface area contributed by atoms with Crippen molar-refractivity contribution < 1.29 is 14.3 Å². The molecule has 0 radical (unpaired) electrons. The van der Waals surface area contributed by atoms with Crippen LogP contribution in [-0.4, -0.2) is 27.8 Å². The summed E-state index contributed by atoms with van der Waals surface area (Å²) in [6.45, 7) is 8.36. The van der Waals surface area contributed by atoms with Crippen LogP contribution in [0.25, 0.3) is 17.0 Å². The lowest BCUT2D eigenvalue weighted by Crippen LogP contribution is -2.40. The summed E-state index contributed by atoms with van der Waals surface area (Å²) in [5.41, 5.74) is 4.19. The summed E-state index contributed by atoms with van der Waals surface area (Å²) in [4.78, 5) is 32.9. The van der Waals surface area contributed by atoms with Crippen LogP contribution in [0.15, 0.2) is 94.0 Å². The van der Waals surface area contributed by atoms with E-state index in [0.29, 0.717) is 49.6 Å². The third-order valence-corrected chi connectivity index (χ3v) is 9.12. The molecule has 0 bridgehead atoms. The van der Waals surface area contributed by atoms with Gasteiger partial charge < -0.3 is 14.0 Å². The molecule has 230 valence electrons. The highest BCUT2D eigenvalue weighted by Gasteiger charge is 2.34. The molecule has 0 amide bonds. The maximum atomic E-state index is 14.2. The summed E-state index contributed by atoms with van der Waals surface area (Å²) >= 11 is 13.9. The van der Waals surface area contributed by atoms with Gasteiger partial charge in [-0.3, -0.25) is 9.36 Å². The minimum Gasteiger partial charge on any atom is -0.494 e. The monoisotopic (exact) mass is 659 g/mol. The van der Waals surface area contributed by atoms with Crippen LogP contribution in [-0.2, 0) is 16.1 Å². The Hall–Kier alpha value is -4.11. The number of hydrogen-bond donors (Lipinski definition) is 0. The van der Waals surface area contributed by atoms with Crippen LogP contribution in [0.1, 0.15) is 50.4 Å². The molecular formula is C35H31Cl2N3O4S. The Morgan fingerprint density at radius 3 is 2.56 bits per heavy atom. The largest absolute Gasteiger partial charge is 0.494 e. The lowest BCUT2D eigenvalue weighted by molar-refractivity contribution is -0.143. The second-order valence-corrected chi connectivity index (χ2v) is 12.9. The number of para-hydroxylation sites is 1. The van der Waals surface area contributed by atoms with E-state index in [1.54, 1.807) is 31.4 Å². The van der Waals surface area contributed by atoms with Crippen molar-refractivity contribution in [3.63, 3.8) is 0 Å². The molecule has 6 rings (SSSR count). The zero-order valence-electron chi connectivity index (χ0n) is 25.2. The Kier molecular flexibility index (Phi) is 8.73. The lowest BCUT2D eigenvalue weighted by atomic mass is 9.96. The maximum absolute atomic E-state index is 14.2. The SMILES string of the molecule is CCOc1ccc([C@@H]2C(C(=O)OC(C)C)=C(C)N=c3s/c(=C/c4cn(Cc5ccc(Cl)cc5Cl)c5ccccc45)c(=O)n32)cc1. The van der Waals surface area contributed by atoms with E-state index in [9.17, 15) is 9.59 Å². The van der Waals surface area contributed by atoms with Crippen molar-refractivity contribution in [1.82, 2.24) is 9.13 Å². The van der Waals surface area contributed by atoms with Crippen LogP contribution in [0.5, 0.6) is 5.75 Å². The zero-order chi connectivity index (χ0) is 31.8. The van der Waals surface area contributed by atoms with Crippen LogP contribution < -0.4 is 19.6 Å². The van der Waals surface area contributed by atoms with Gasteiger partial charge in [0.05, 0.1) is 34.6 Å². The predicted octanol–water partition coefficient (Wildman–Crippen LogP) is 6.90. The number of fused-ring (bicyclic) bond motifs is 2. The van der Waals surface area contributed by atoms with E-state index in [-0.39, 0.29) is 11.7 Å². The first kappa shape index (κ1) is 30.9. The third kappa shape index (κ3) is 6.10. The second-order valence-electron chi connectivity index (χ2n) is 11.0. The van der Waals surface area contributed by atoms with Crippen molar-refractivity contribution in [2.45, 2.75) is 46.4 Å². The average molecular weight is 661 g/mol. The van der Waals surface area contributed by atoms with E-state index < -0.39 is 12.0 Å². The molecule has 0 saturated carbocycles. The number of rotatable bonds is 8. The number of aromatic nitrogens is 2. The van der Waals surface area contributed by atoms with Gasteiger partial charge in [0.1, 0.15) is 5.75 Å². The molecule has 45 heavy (non-hydrogen) atoms. The molecule has 10 heteroatoms. The van der Waals surface area contributed by atoms with E-state index in [2.05, 4.69) is 4.57 Å². The zero-order valence-corrected chi connectivity index (χ0v) is 27.5. The number of halogens is 2. The van der Waals surface area contributed by atoms with Gasteiger partial charge in [0.15, 0.2) is 4.80 Å². The molecule has 1 aliphatic heterocycles. The first-order valence-corrected chi connectivity index (χ1v) is 16.2. The number of nitrogens with zero attached hydrogens (tertiary/aromatic N) is 3. The fourth-order valence-corrected chi connectivity index (χ4v) is 7.09. The summed E-state index contributed by atoms with van der Waals surface area (Å²) in [5, 5.41) is 2.16. The van der Waals surface area contributed by atoms with Crippen LogP contribution in [0.4, 0.5) is 0 Å². The highest BCUT2D eigenvalue weighted by Crippen LogP contribution is 2.32. The predicted molar refractivity (Wildman–Crippen MR) is 180 cm³/mol. The average Bonchev–Trinajstić information content (AvgIpc) is 3.50. The molecule has 0 saturated heterocycles. The maximum Gasteiger partial charge on any atom is 0.338 e. The van der Waals surface area contributed by atoms with Crippen molar-refractivity contribution in [2.24, 2.45) is 4.99 Å². The molecule has 3 aromatic carbocycles. The van der Waals surface area contributed by atoms with Crippen LogP contribution in [0, 0.1) is 0 Å². The van der Waals surface area contributed by atoms with Gasteiger partial charge in [-0.2, -0.15) is 0 Å².